The Balaban J connectivity index is 1.91. The van der Waals surface area contributed by atoms with Crippen molar-refractivity contribution in [3.63, 3.8) is 0 Å². The molecular formula is C40H63NO2SSn. The number of rotatable bonds is 25. The molecule has 3 rings (SSSR count). The van der Waals surface area contributed by atoms with Gasteiger partial charge in [-0.3, -0.25) is 0 Å². The molecule has 0 bridgehead atoms. The molecule has 0 aliphatic heterocycles. The third-order valence-corrected chi connectivity index (χ3v) is 28.4. The van der Waals surface area contributed by atoms with Gasteiger partial charge in [0.05, 0.1) is 0 Å². The molecule has 1 aromatic heterocycles. The van der Waals surface area contributed by atoms with Gasteiger partial charge in [-0.2, -0.15) is 0 Å². The van der Waals surface area contributed by atoms with E-state index in [9.17, 15) is 0 Å². The van der Waals surface area contributed by atoms with Crippen LogP contribution in [0.3, 0.4) is 0 Å². The summed E-state index contributed by atoms with van der Waals surface area (Å²) in [4.78, 5) is 2.46. The summed E-state index contributed by atoms with van der Waals surface area (Å²) in [5.74, 6) is 1.92. The SMILES string of the molecule is CCCCCCOc1ccc(N(c2ccc(OCCCCCC)cc2)c2cc[c]([Sn]([CH2]CCC)([CH2]CCC)[CH2]CCC)s2)cc1. The van der Waals surface area contributed by atoms with Gasteiger partial charge in [0, 0.05) is 0 Å². The van der Waals surface area contributed by atoms with Gasteiger partial charge in [0.25, 0.3) is 0 Å². The molecule has 0 fully saturated rings. The molecule has 0 N–H and O–H groups in total. The first-order chi connectivity index (χ1) is 22.1. The molecule has 3 aromatic rings. The molecule has 2 aromatic carbocycles. The molecule has 0 aliphatic rings. The van der Waals surface area contributed by atoms with Crippen LogP contribution in [0.5, 0.6) is 11.5 Å². The van der Waals surface area contributed by atoms with Crippen molar-refractivity contribution < 1.29 is 9.47 Å². The molecule has 45 heavy (non-hydrogen) atoms. The quantitative estimate of drug-likeness (QED) is 0.0638. The Hall–Kier alpha value is -1.66. The number of anilines is 3. The fourth-order valence-electron chi connectivity index (χ4n) is 6.25. The second-order valence-electron chi connectivity index (χ2n) is 12.9. The Morgan fingerprint density at radius 3 is 1.31 bits per heavy atom. The number of thiophene rings is 1. The van der Waals surface area contributed by atoms with Crippen LogP contribution in [0.15, 0.2) is 60.7 Å². The zero-order valence-corrected chi connectivity index (χ0v) is 33.1. The van der Waals surface area contributed by atoms with E-state index in [0.29, 0.717) is 0 Å². The second kappa shape index (κ2) is 22.0. The van der Waals surface area contributed by atoms with Gasteiger partial charge in [-0.25, -0.2) is 0 Å². The van der Waals surface area contributed by atoms with Crippen molar-refractivity contribution in [2.45, 2.75) is 138 Å². The van der Waals surface area contributed by atoms with Crippen LogP contribution >= 0.6 is 11.3 Å². The number of ether oxygens (including phenoxy) is 2. The van der Waals surface area contributed by atoms with Crippen molar-refractivity contribution >= 4 is 49.0 Å². The van der Waals surface area contributed by atoms with E-state index in [0.717, 1.165) is 37.6 Å². The first kappa shape index (κ1) is 37.8. The van der Waals surface area contributed by atoms with Crippen molar-refractivity contribution in [1.29, 1.82) is 0 Å². The van der Waals surface area contributed by atoms with Gasteiger partial charge in [-0.15, -0.1) is 0 Å². The van der Waals surface area contributed by atoms with Gasteiger partial charge in [0.2, 0.25) is 0 Å². The van der Waals surface area contributed by atoms with Crippen molar-refractivity contribution in [2.24, 2.45) is 0 Å². The molecule has 0 amide bonds. The third-order valence-electron chi connectivity index (χ3n) is 9.08. The number of unbranched alkanes of at least 4 members (excludes halogenated alkanes) is 9. The molecule has 250 valence electrons. The average Bonchev–Trinajstić information content (AvgIpc) is 3.56. The minimum atomic E-state index is -2.53. The zero-order valence-electron chi connectivity index (χ0n) is 29.4. The Labute approximate surface area is 285 Å². The van der Waals surface area contributed by atoms with Gasteiger partial charge in [-0.1, -0.05) is 39.5 Å². The predicted octanol–water partition coefficient (Wildman–Crippen LogP) is 13.2. The van der Waals surface area contributed by atoms with Gasteiger partial charge < -0.3 is 0 Å². The standard InChI is InChI=1S/C28H36NO2S.3C4H9.Sn/c1-3-5-7-9-21-30-26-17-13-24(14-18-26)29(28-12-11-23-32-28)25-15-19-27(20-16-25)31-22-10-8-6-4-2;3*1-3-4-2;/h11-20H,3-10,21-22H2,1-2H3;3*1,3-4H2,2H3;. The number of benzene rings is 2. The second-order valence-corrected chi connectivity index (χ2v) is 28.1. The van der Waals surface area contributed by atoms with Crippen LogP contribution in [-0.2, 0) is 0 Å². The fourth-order valence-corrected chi connectivity index (χ4v) is 26.4. The molecule has 0 unspecified atom stereocenters. The first-order valence-electron chi connectivity index (χ1n) is 18.5. The molecule has 0 saturated heterocycles. The van der Waals surface area contributed by atoms with Crippen LogP contribution in [0.25, 0.3) is 0 Å². The summed E-state index contributed by atoms with van der Waals surface area (Å²) < 4.78 is 18.5. The van der Waals surface area contributed by atoms with Gasteiger partial charge in [0.15, 0.2) is 0 Å². The topological polar surface area (TPSA) is 21.7 Å². The summed E-state index contributed by atoms with van der Waals surface area (Å²) in [6, 6.07) is 22.5. The van der Waals surface area contributed by atoms with Crippen molar-refractivity contribution in [2.75, 3.05) is 18.1 Å². The van der Waals surface area contributed by atoms with Gasteiger partial charge in [0.1, 0.15) is 0 Å². The molecule has 0 spiro atoms. The minimum absolute atomic E-state index is 0.791. The van der Waals surface area contributed by atoms with E-state index in [-0.39, 0.29) is 0 Å². The predicted molar refractivity (Wildman–Crippen MR) is 203 cm³/mol. The third kappa shape index (κ3) is 12.5. The van der Waals surface area contributed by atoms with Crippen LogP contribution in [-0.4, -0.2) is 31.6 Å². The summed E-state index contributed by atoms with van der Waals surface area (Å²) in [5.41, 5.74) is 2.37. The van der Waals surface area contributed by atoms with E-state index >= 15 is 0 Å². The Morgan fingerprint density at radius 2 is 0.911 bits per heavy atom. The average molecular weight is 741 g/mol. The van der Waals surface area contributed by atoms with Crippen LogP contribution in [0.4, 0.5) is 16.4 Å². The normalized spacial score (nSPS) is 11.6. The maximum absolute atomic E-state index is 6.11. The van der Waals surface area contributed by atoms with Crippen LogP contribution < -0.4 is 17.3 Å². The van der Waals surface area contributed by atoms with E-state index < -0.39 is 18.4 Å². The number of hydrogen-bond donors (Lipinski definition) is 0. The Kier molecular flexibility index (Phi) is 18.5. The molecule has 0 radical (unpaired) electrons. The Morgan fingerprint density at radius 1 is 0.489 bits per heavy atom. The van der Waals surface area contributed by atoms with E-state index in [1.807, 2.05) is 0 Å². The Bertz CT molecular complexity index is 1080. The van der Waals surface area contributed by atoms with Gasteiger partial charge in [-0.05, 0) is 0 Å². The van der Waals surface area contributed by atoms with E-state index in [4.69, 9.17) is 9.47 Å². The molecule has 1 heterocycles. The summed E-state index contributed by atoms with van der Waals surface area (Å²) >= 11 is -0.431. The monoisotopic (exact) mass is 741 g/mol. The zero-order chi connectivity index (χ0) is 32.2. The summed E-state index contributed by atoms with van der Waals surface area (Å²) in [7, 11) is 0. The fraction of sp³-hybridized carbons (Fsp3) is 0.600. The van der Waals surface area contributed by atoms with Crippen molar-refractivity contribution in [1.82, 2.24) is 0 Å². The summed E-state index contributed by atoms with van der Waals surface area (Å²) in [5, 5.41) is 1.33. The number of hydrogen-bond acceptors (Lipinski definition) is 4. The molecule has 5 heteroatoms. The first-order valence-corrected chi connectivity index (χ1v) is 26.8. The molecule has 0 saturated carbocycles. The molecule has 0 aliphatic carbocycles. The van der Waals surface area contributed by atoms with Crippen molar-refractivity contribution in [3.05, 3.63) is 60.7 Å². The van der Waals surface area contributed by atoms with Gasteiger partial charge >= 0.3 is 247 Å². The van der Waals surface area contributed by atoms with Crippen LogP contribution in [0, 0.1) is 0 Å². The van der Waals surface area contributed by atoms with E-state index in [1.165, 1.54) is 107 Å². The van der Waals surface area contributed by atoms with Crippen molar-refractivity contribution in [3.8, 4) is 11.5 Å². The molecular weight excluding hydrogens is 677 g/mol. The molecule has 3 nitrogen and oxygen atoms in total. The maximum atomic E-state index is 6.11. The summed E-state index contributed by atoms with van der Waals surface area (Å²) in [6.45, 7) is 13.2. The number of nitrogens with zero attached hydrogens (tertiary/aromatic N) is 1. The summed E-state index contributed by atoms with van der Waals surface area (Å²) in [6.07, 6.45) is 17.9. The van der Waals surface area contributed by atoms with E-state index in [2.05, 4.69) is 112 Å². The van der Waals surface area contributed by atoms with E-state index in [1.54, 1.807) is 2.89 Å². The molecule has 0 atom stereocenters. The van der Waals surface area contributed by atoms with Crippen LogP contribution in [0.1, 0.15) is 125 Å². The van der Waals surface area contributed by atoms with Crippen LogP contribution in [0.2, 0.25) is 13.3 Å².